The Morgan fingerprint density at radius 1 is 1.32 bits per heavy atom. The highest BCUT2D eigenvalue weighted by molar-refractivity contribution is 7.80. The third-order valence-corrected chi connectivity index (χ3v) is 3.59. The highest BCUT2D eigenvalue weighted by Gasteiger charge is 2.20. The first-order valence-electron chi connectivity index (χ1n) is 7.67. The van der Waals surface area contributed by atoms with Crippen molar-refractivity contribution in [2.24, 2.45) is 4.99 Å². The van der Waals surface area contributed by atoms with Gasteiger partial charge in [-0.05, 0) is 44.5 Å². The zero-order chi connectivity index (χ0) is 18.6. The van der Waals surface area contributed by atoms with E-state index in [0.29, 0.717) is 5.52 Å². The number of amides is 1. The van der Waals surface area contributed by atoms with Crippen LogP contribution < -0.4 is 5.32 Å². The summed E-state index contributed by atoms with van der Waals surface area (Å²) in [5.74, 6) is -1.78. The molecular formula is C17H20N4O3S. The van der Waals surface area contributed by atoms with E-state index in [4.69, 9.17) is 5.11 Å². The summed E-state index contributed by atoms with van der Waals surface area (Å²) in [6.07, 6.45) is 1.76. The quantitative estimate of drug-likeness (QED) is 0.558. The Morgan fingerprint density at radius 2 is 2.04 bits per heavy atom. The predicted octanol–water partition coefficient (Wildman–Crippen LogP) is 1.96. The lowest BCUT2D eigenvalue weighted by Crippen LogP contribution is -2.42. The SMILES string of the molecule is CC(C)(C)N=Cc1ccc2nnc(C(=O)NC(CS)C(=O)O)cc2c1. The summed E-state index contributed by atoms with van der Waals surface area (Å²) in [7, 11) is 0. The molecule has 132 valence electrons. The molecule has 0 spiro atoms. The third kappa shape index (κ3) is 5.25. The van der Waals surface area contributed by atoms with Gasteiger partial charge in [-0.3, -0.25) is 9.79 Å². The van der Waals surface area contributed by atoms with Crippen LogP contribution in [0.25, 0.3) is 10.9 Å². The van der Waals surface area contributed by atoms with E-state index in [-0.39, 0.29) is 17.0 Å². The van der Waals surface area contributed by atoms with Crippen LogP contribution >= 0.6 is 12.6 Å². The molecule has 1 heterocycles. The number of aromatic nitrogens is 2. The van der Waals surface area contributed by atoms with E-state index in [2.05, 4.69) is 33.1 Å². The first-order valence-corrected chi connectivity index (χ1v) is 8.30. The summed E-state index contributed by atoms with van der Waals surface area (Å²) < 4.78 is 0. The smallest absolute Gasteiger partial charge is 0.327 e. The van der Waals surface area contributed by atoms with Gasteiger partial charge >= 0.3 is 5.97 Å². The number of carboxylic acid groups (broad SMARTS) is 1. The number of hydrogen-bond acceptors (Lipinski definition) is 6. The molecular weight excluding hydrogens is 340 g/mol. The normalized spacial score (nSPS) is 13.1. The van der Waals surface area contributed by atoms with E-state index < -0.39 is 17.9 Å². The van der Waals surface area contributed by atoms with Gasteiger partial charge in [0.1, 0.15) is 6.04 Å². The van der Waals surface area contributed by atoms with Crippen LogP contribution in [-0.4, -0.2) is 50.7 Å². The standard InChI is InChI=1S/C17H20N4O3S/c1-17(2,3)18-8-10-4-5-12-11(6-10)7-13(21-20-12)15(22)19-14(9-25)16(23)24/h4-8,14,25H,9H2,1-3H3,(H,19,22)(H,23,24). The molecule has 1 unspecified atom stereocenters. The van der Waals surface area contributed by atoms with Crippen LogP contribution in [0.1, 0.15) is 36.8 Å². The maximum absolute atomic E-state index is 12.2. The number of aliphatic imine (C=N–C) groups is 1. The minimum atomic E-state index is -1.15. The monoisotopic (exact) mass is 360 g/mol. The number of aliphatic carboxylic acids is 1. The average molecular weight is 360 g/mol. The number of hydrogen-bond donors (Lipinski definition) is 3. The lowest BCUT2D eigenvalue weighted by molar-refractivity contribution is -0.138. The summed E-state index contributed by atoms with van der Waals surface area (Å²) in [4.78, 5) is 27.6. The lowest BCUT2D eigenvalue weighted by Gasteiger charge is -2.11. The fourth-order valence-electron chi connectivity index (χ4n) is 1.94. The molecule has 2 N–H and O–H groups in total. The maximum Gasteiger partial charge on any atom is 0.327 e. The highest BCUT2D eigenvalue weighted by atomic mass is 32.1. The second-order valence-corrected chi connectivity index (χ2v) is 6.89. The second-order valence-electron chi connectivity index (χ2n) is 6.52. The van der Waals surface area contributed by atoms with Crippen LogP contribution in [-0.2, 0) is 4.79 Å². The molecule has 0 aliphatic heterocycles. The van der Waals surface area contributed by atoms with Crippen LogP contribution in [0, 0.1) is 0 Å². The summed E-state index contributed by atoms with van der Waals surface area (Å²) in [6, 6.07) is 6.00. The van der Waals surface area contributed by atoms with Crippen molar-refractivity contribution in [2.45, 2.75) is 32.4 Å². The number of nitrogens with zero attached hydrogens (tertiary/aromatic N) is 3. The van der Waals surface area contributed by atoms with Crippen molar-refractivity contribution in [3.63, 3.8) is 0 Å². The van der Waals surface area contributed by atoms with Gasteiger partial charge < -0.3 is 10.4 Å². The van der Waals surface area contributed by atoms with E-state index in [1.54, 1.807) is 18.3 Å². The number of thiol groups is 1. The molecule has 1 aromatic carbocycles. The Balaban J connectivity index is 2.29. The highest BCUT2D eigenvalue weighted by Crippen LogP contribution is 2.15. The fraction of sp³-hybridized carbons (Fsp3) is 0.353. The van der Waals surface area contributed by atoms with Crippen molar-refractivity contribution in [3.8, 4) is 0 Å². The Hall–Kier alpha value is -2.48. The van der Waals surface area contributed by atoms with E-state index >= 15 is 0 Å². The van der Waals surface area contributed by atoms with Crippen molar-refractivity contribution >= 4 is 41.6 Å². The predicted molar refractivity (Wildman–Crippen MR) is 99.6 cm³/mol. The van der Waals surface area contributed by atoms with Gasteiger partial charge in [0.15, 0.2) is 5.69 Å². The number of carbonyl (C=O) groups is 2. The molecule has 0 radical (unpaired) electrons. The van der Waals surface area contributed by atoms with Gasteiger partial charge in [-0.25, -0.2) is 4.79 Å². The van der Waals surface area contributed by atoms with Crippen molar-refractivity contribution in [1.29, 1.82) is 0 Å². The molecule has 0 bridgehead atoms. The second kappa shape index (κ2) is 7.60. The molecule has 1 aromatic heterocycles. The first-order chi connectivity index (χ1) is 11.7. The average Bonchev–Trinajstić information content (AvgIpc) is 2.55. The minimum Gasteiger partial charge on any atom is -0.480 e. The van der Waals surface area contributed by atoms with Crippen molar-refractivity contribution < 1.29 is 14.7 Å². The number of benzene rings is 1. The van der Waals surface area contributed by atoms with E-state index in [9.17, 15) is 9.59 Å². The summed E-state index contributed by atoms with van der Waals surface area (Å²) in [6.45, 7) is 6.00. The minimum absolute atomic E-state index is 0.0184. The van der Waals surface area contributed by atoms with Crippen LogP contribution in [0.2, 0.25) is 0 Å². The van der Waals surface area contributed by atoms with Gasteiger partial charge in [0.25, 0.3) is 5.91 Å². The van der Waals surface area contributed by atoms with Crippen LogP contribution in [0.5, 0.6) is 0 Å². The van der Waals surface area contributed by atoms with Crippen LogP contribution in [0.4, 0.5) is 0 Å². The Kier molecular flexibility index (Phi) is 5.73. The number of fused-ring (bicyclic) bond motifs is 1. The van der Waals surface area contributed by atoms with Crippen LogP contribution in [0.3, 0.4) is 0 Å². The molecule has 2 aromatic rings. The first kappa shape index (κ1) is 18.9. The van der Waals surface area contributed by atoms with Gasteiger partial charge in [-0.2, -0.15) is 12.6 Å². The summed E-state index contributed by atoms with van der Waals surface area (Å²) >= 11 is 3.91. The Morgan fingerprint density at radius 3 is 2.64 bits per heavy atom. The maximum atomic E-state index is 12.2. The van der Waals surface area contributed by atoms with E-state index in [0.717, 1.165) is 10.9 Å². The molecule has 0 aliphatic carbocycles. The molecule has 25 heavy (non-hydrogen) atoms. The van der Waals surface area contributed by atoms with E-state index in [1.165, 1.54) is 0 Å². The molecule has 1 amide bonds. The third-order valence-electron chi connectivity index (χ3n) is 3.23. The zero-order valence-electron chi connectivity index (χ0n) is 14.2. The Labute approximate surface area is 151 Å². The molecule has 8 heteroatoms. The van der Waals surface area contributed by atoms with Crippen LogP contribution in [0.15, 0.2) is 29.3 Å². The van der Waals surface area contributed by atoms with Gasteiger partial charge in [-0.15, -0.1) is 10.2 Å². The molecule has 7 nitrogen and oxygen atoms in total. The largest absolute Gasteiger partial charge is 0.480 e. The van der Waals surface area contributed by atoms with Gasteiger partial charge in [0.2, 0.25) is 0 Å². The lowest BCUT2D eigenvalue weighted by atomic mass is 10.1. The number of carboxylic acids is 1. The van der Waals surface area contributed by atoms with Gasteiger partial charge in [0, 0.05) is 17.4 Å². The van der Waals surface area contributed by atoms with E-state index in [1.807, 2.05) is 32.9 Å². The molecule has 1 atom stereocenters. The molecule has 0 saturated carbocycles. The number of rotatable bonds is 5. The molecule has 0 saturated heterocycles. The molecule has 2 rings (SSSR count). The molecule has 0 fully saturated rings. The van der Waals surface area contributed by atoms with Gasteiger partial charge in [-0.1, -0.05) is 6.07 Å². The van der Waals surface area contributed by atoms with Crippen molar-refractivity contribution in [2.75, 3.05) is 5.75 Å². The zero-order valence-corrected chi connectivity index (χ0v) is 15.1. The fourth-order valence-corrected chi connectivity index (χ4v) is 2.19. The topological polar surface area (TPSA) is 105 Å². The van der Waals surface area contributed by atoms with Crippen molar-refractivity contribution in [1.82, 2.24) is 15.5 Å². The number of carbonyl (C=O) groups excluding carboxylic acids is 1. The van der Waals surface area contributed by atoms with Gasteiger partial charge in [0.05, 0.1) is 11.1 Å². The summed E-state index contributed by atoms with van der Waals surface area (Å²) in [5.41, 5.74) is 1.37. The Bertz CT molecular complexity index is 830. The van der Waals surface area contributed by atoms with Crippen molar-refractivity contribution in [3.05, 3.63) is 35.5 Å². The summed E-state index contributed by atoms with van der Waals surface area (Å²) in [5, 5.41) is 19.9. The molecule has 0 aliphatic rings. The number of nitrogens with one attached hydrogen (secondary N) is 1.